The highest BCUT2D eigenvalue weighted by atomic mass is 35.5. The van der Waals surface area contributed by atoms with Crippen molar-refractivity contribution < 1.29 is 4.74 Å². The molecule has 0 aliphatic carbocycles. The highest BCUT2D eigenvalue weighted by Gasteiger charge is 2.11. The lowest BCUT2D eigenvalue weighted by atomic mass is 10.2. The van der Waals surface area contributed by atoms with Crippen molar-refractivity contribution >= 4 is 28.6 Å². The zero-order chi connectivity index (χ0) is 13.1. The van der Waals surface area contributed by atoms with E-state index in [4.69, 9.17) is 16.3 Å². The fourth-order valence-electron chi connectivity index (χ4n) is 1.78. The summed E-state index contributed by atoms with van der Waals surface area (Å²) in [6, 6.07) is 10.1. The predicted molar refractivity (Wildman–Crippen MR) is 79.1 cm³/mol. The van der Waals surface area contributed by atoms with Gasteiger partial charge in [0.1, 0.15) is 5.75 Å². The lowest BCUT2D eigenvalue weighted by molar-refractivity contribution is 0.416. The molecule has 2 rings (SSSR count). The number of methoxy groups -OCH3 is 1. The number of halogens is 1. The van der Waals surface area contributed by atoms with Crippen LogP contribution in [0.1, 0.15) is 22.7 Å². The van der Waals surface area contributed by atoms with Crippen LogP contribution in [0.2, 0.25) is 5.02 Å². The zero-order valence-corrected chi connectivity index (χ0v) is 12.2. The molecule has 0 bridgehead atoms. The second-order valence-corrected chi connectivity index (χ2v) is 5.91. The molecule has 0 saturated heterocycles. The lowest BCUT2D eigenvalue weighted by Gasteiger charge is -2.16. The quantitative estimate of drug-likeness (QED) is 0.861. The number of benzene rings is 1. The number of rotatable bonds is 4. The van der Waals surface area contributed by atoms with E-state index in [1.807, 2.05) is 18.2 Å². The van der Waals surface area contributed by atoms with Gasteiger partial charge < -0.3 is 10.1 Å². The van der Waals surface area contributed by atoms with Gasteiger partial charge in [-0.05, 0) is 44.2 Å². The van der Waals surface area contributed by atoms with E-state index < -0.39 is 0 Å². The van der Waals surface area contributed by atoms with Gasteiger partial charge >= 0.3 is 0 Å². The van der Waals surface area contributed by atoms with E-state index in [0.717, 1.165) is 11.4 Å². The average molecular weight is 282 g/mol. The van der Waals surface area contributed by atoms with E-state index in [1.165, 1.54) is 9.75 Å². The van der Waals surface area contributed by atoms with Crippen molar-refractivity contribution in [3.05, 3.63) is 45.1 Å². The largest absolute Gasteiger partial charge is 0.495 e. The van der Waals surface area contributed by atoms with E-state index in [9.17, 15) is 0 Å². The van der Waals surface area contributed by atoms with Crippen LogP contribution in [0.4, 0.5) is 5.69 Å². The van der Waals surface area contributed by atoms with Crippen molar-refractivity contribution in [1.29, 1.82) is 0 Å². The van der Waals surface area contributed by atoms with E-state index in [2.05, 4.69) is 31.3 Å². The van der Waals surface area contributed by atoms with Crippen LogP contribution in [0.15, 0.2) is 30.3 Å². The minimum Gasteiger partial charge on any atom is -0.495 e. The molecule has 2 aromatic rings. The van der Waals surface area contributed by atoms with Crippen LogP contribution in [0, 0.1) is 6.92 Å². The maximum atomic E-state index is 6.01. The average Bonchev–Trinajstić information content (AvgIpc) is 2.76. The molecule has 4 heteroatoms. The zero-order valence-electron chi connectivity index (χ0n) is 10.7. The second-order valence-electron chi connectivity index (χ2n) is 4.16. The Hall–Kier alpha value is -1.19. The second kappa shape index (κ2) is 5.63. The summed E-state index contributed by atoms with van der Waals surface area (Å²) in [7, 11) is 1.66. The molecule has 0 aliphatic heterocycles. The molecule has 2 nitrogen and oxygen atoms in total. The number of nitrogens with one attached hydrogen (secondary N) is 1. The predicted octanol–water partition coefficient (Wildman–Crippen LogP) is 4.89. The summed E-state index contributed by atoms with van der Waals surface area (Å²) in [5.74, 6) is 0.805. The molecule has 0 amide bonds. The molecule has 0 saturated carbocycles. The molecule has 0 radical (unpaired) electrons. The van der Waals surface area contributed by atoms with Crippen molar-refractivity contribution in [2.45, 2.75) is 19.9 Å². The summed E-state index contributed by atoms with van der Waals surface area (Å²) in [6.45, 7) is 4.24. The first-order valence-electron chi connectivity index (χ1n) is 5.76. The molecule has 18 heavy (non-hydrogen) atoms. The van der Waals surface area contributed by atoms with Crippen LogP contribution in [-0.2, 0) is 0 Å². The molecule has 1 aromatic carbocycles. The van der Waals surface area contributed by atoms with E-state index in [-0.39, 0.29) is 6.04 Å². The molecule has 96 valence electrons. The van der Waals surface area contributed by atoms with Gasteiger partial charge in [0.15, 0.2) is 0 Å². The molecular weight excluding hydrogens is 266 g/mol. The van der Waals surface area contributed by atoms with Crippen LogP contribution < -0.4 is 10.1 Å². The van der Waals surface area contributed by atoms with Gasteiger partial charge in [-0.25, -0.2) is 0 Å². The number of thiophene rings is 1. The number of ether oxygens (including phenoxy) is 1. The van der Waals surface area contributed by atoms with Crippen molar-refractivity contribution in [1.82, 2.24) is 0 Å². The molecule has 0 spiro atoms. The van der Waals surface area contributed by atoms with Gasteiger partial charge in [-0.3, -0.25) is 0 Å². The minimum atomic E-state index is 0.232. The van der Waals surface area contributed by atoms with Crippen LogP contribution in [0.5, 0.6) is 5.75 Å². The van der Waals surface area contributed by atoms with Gasteiger partial charge in [0.05, 0.1) is 18.8 Å². The Balaban J connectivity index is 2.20. The number of hydrogen-bond acceptors (Lipinski definition) is 3. The highest BCUT2D eigenvalue weighted by Crippen LogP contribution is 2.32. The van der Waals surface area contributed by atoms with Crippen LogP contribution in [-0.4, -0.2) is 7.11 Å². The van der Waals surface area contributed by atoms with Crippen LogP contribution >= 0.6 is 22.9 Å². The van der Waals surface area contributed by atoms with E-state index in [0.29, 0.717) is 5.02 Å². The molecule has 1 unspecified atom stereocenters. The third kappa shape index (κ3) is 2.98. The van der Waals surface area contributed by atoms with Gasteiger partial charge in [0, 0.05) is 14.8 Å². The Morgan fingerprint density at radius 3 is 2.67 bits per heavy atom. The molecule has 1 heterocycles. The monoisotopic (exact) mass is 281 g/mol. The normalized spacial score (nSPS) is 12.2. The Morgan fingerprint density at radius 2 is 2.06 bits per heavy atom. The summed E-state index contributed by atoms with van der Waals surface area (Å²) in [4.78, 5) is 2.62. The third-order valence-corrected chi connectivity index (χ3v) is 4.14. The van der Waals surface area contributed by atoms with Gasteiger partial charge in [-0.1, -0.05) is 11.6 Å². The van der Waals surface area contributed by atoms with Crippen molar-refractivity contribution in [2.75, 3.05) is 12.4 Å². The standard InChI is InChI=1S/C14H16ClNOS/c1-9-4-7-14(18-9)10(2)16-12-8-11(15)5-6-13(12)17-3/h4-8,10,16H,1-3H3. The fourth-order valence-corrected chi connectivity index (χ4v) is 2.84. The SMILES string of the molecule is COc1ccc(Cl)cc1NC(C)c1ccc(C)s1. The first kappa shape index (κ1) is 13.2. The summed E-state index contributed by atoms with van der Waals surface area (Å²) < 4.78 is 5.32. The summed E-state index contributed by atoms with van der Waals surface area (Å²) in [5, 5.41) is 4.13. The smallest absolute Gasteiger partial charge is 0.142 e. The molecule has 0 aliphatic rings. The summed E-state index contributed by atoms with van der Waals surface area (Å²) in [5.41, 5.74) is 0.920. The molecular formula is C14H16ClNOS. The fraction of sp³-hybridized carbons (Fsp3) is 0.286. The van der Waals surface area contributed by atoms with E-state index >= 15 is 0 Å². The Bertz CT molecular complexity index is 538. The third-order valence-electron chi connectivity index (χ3n) is 2.72. The lowest BCUT2D eigenvalue weighted by Crippen LogP contribution is -2.06. The van der Waals surface area contributed by atoms with E-state index in [1.54, 1.807) is 18.4 Å². The Morgan fingerprint density at radius 1 is 1.28 bits per heavy atom. The maximum absolute atomic E-state index is 6.01. The molecule has 1 aromatic heterocycles. The van der Waals surface area contributed by atoms with Crippen molar-refractivity contribution in [3.63, 3.8) is 0 Å². The number of hydrogen-bond donors (Lipinski definition) is 1. The topological polar surface area (TPSA) is 21.3 Å². The van der Waals surface area contributed by atoms with Gasteiger partial charge in [-0.2, -0.15) is 0 Å². The number of anilines is 1. The molecule has 1 atom stereocenters. The molecule has 1 N–H and O–H groups in total. The van der Waals surface area contributed by atoms with Crippen LogP contribution in [0.25, 0.3) is 0 Å². The first-order chi connectivity index (χ1) is 8.60. The van der Waals surface area contributed by atoms with Crippen molar-refractivity contribution in [2.24, 2.45) is 0 Å². The minimum absolute atomic E-state index is 0.232. The van der Waals surface area contributed by atoms with Gasteiger partial charge in [0.2, 0.25) is 0 Å². The maximum Gasteiger partial charge on any atom is 0.142 e. The molecule has 0 fully saturated rings. The Labute approximate surface area is 117 Å². The summed E-state index contributed by atoms with van der Waals surface area (Å²) in [6.07, 6.45) is 0. The summed E-state index contributed by atoms with van der Waals surface area (Å²) >= 11 is 7.81. The van der Waals surface area contributed by atoms with Crippen LogP contribution in [0.3, 0.4) is 0 Å². The highest BCUT2D eigenvalue weighted by molar-refractivity contribution is 7.12. The Kier molecular flexibility index (Phi) is 4.15. The first-order valence-corrected chi connectivity index (χ1v) is 6.96. The van der Waals surface area contributed by atoms with Gasteiger partial charge in [0.25, 0.3) is 0 Å². The number of aryl methyl sites for hydroxylation is 1. The van der Waals surface area contributed by atoms with Gasteiger partial charge in [-0.15, -0.1) is 11.3 Å². The van der Waals surface area contributed by atoms with Crippen molar-refractivity contribution in [3.8, 4) is 5.75 Å².